The second-order valence-electron chi connectivity index (χ2n) is 1.71. The topological polar surface area (TPSA) is 76.4 Å². The fraction of sp³-hybridized carbons (Fsp3) is 0.222. The van der Waals surface area contributed by atoms with E-state index in [-0.39, 0.29) is 0 Å². The fourth-order valence-electron chi connectivity index (χ4n) is 0.272. The minimum absolute atomic E-state index is 0.578. The van der Waals surface area contributed by atoms with Gasteiger partial charge in [-0.1, -0.05) is 6.58 Å². The lowest BCUT2D eigenvalue weighted by molar-refractivity contribution is -0.137. The molecule has 0 radical (unpaired) electrons. The van der Waals surface area contributed by atoms with E-state index in [1.807, 2.05) is 0 Å². The number of esters is 2. The Labute approximate surface area is 82.2 Å². The number of rotatable bonds is 2. The minimum atomic E-state index is -0.578. The number of ether oxygens (including phenoxy) is 2. The van der Waals surface area contributed by atoms with Gasteiger partial charge in [0.2, 0.25) is 0 Å². The first-order chi connectivity index (χ1) is 6.62. The van der Waals surface area contributed by atoms with Crippen molar-refractivity contribution in [3.63, 3.8) is 0 Å². The highest BCUT2D eigenvalue weighted by Crippen LogP contribution is 1.80. The van der Waals surface area contributed by atoms with Gasteiger partial charge in [-0.2, -0.15) is 5.26 Å². The SMILES string of the molecule is C=CC#N.COC(=O)/C=C\C(=O)OC. The minimum Gasteiger partial charge on any atom is -0.466 e. The number of allylic oxidation sites excluding steroid dienone is 1. The van der Waals surface area contributed by atoms with Crippen molar-refractivity contribution in [3.8, 4) is 6.07 Å². The Morgan fingerprint density at radius 2 is 1.50 bits per heavy atom. The van der Waals surface area contributed by atoms with Crippen molar-refractivity contribution in [2.45, 2.75) is 0 Å². The normalized spacial score (nSPS) is 7.79. The highest BCUT2D eigenvalue weighted by Gasteiger charge is 1.94. The summed E-state index contributed by atoms with van der Waals surface area (Å²) in [5.74, 6) is -1.16. The van der Waals surface area contributed by atoms with Crippen LogP contribution in [0.5, 0.6) is 0 Å². The molecule has 76 valence electrons. The van der Waals surface area contributed by atoms with Gasteiger partial charge in [0.25, 0.3) is 0 Å². The Bertz CT molecular complexity index is 244. The molecule has 0 N–H and O–H groups in total. The lowest BCUT2D eigenvalue weighted by Gasteiger charge is -1.89. The van der Waals surface area contributed by atoms with E-state index in [1.165, 1.54) is 20.3 Å². The van der Waals surface area contributed by atoms with Crippen molar-refractivity contribution >= 4 is 11.9 Å². The third-order valence-electron chi connectivity index (χ3n) is 0.849. The van der Waals surface area contributed by atoms with Crippen LogP contribution in [0.25, 0.3) is 0 Å². The largest absolute Gasteiger partial charge is 0.466 e. The molecule has 0 aliphatic heterocycles. The molecule has 0 aliphatic carbocycles. The van der Waals surface area contributed by atoms with E-state index in [0.29, 0.717) is 0 Å². The molecule has 5 heteroatoms. The molecule has 0 heterocycles. The average Bonchev–Trinajstić information content (AvgIpc) is 2.25. The van der Waals surface area contributed by atoms with Crippen LogP contribution in [0.1, 0.15) is 0 Å². The van der Waals surface area contributed by atoms with E-state index in [0.717, 1.165) is 12.2 Å². The summed E-state index contributed by atoms with van der Waals surface area (Å²) in [6.07, 6.45) is 3.16. The van der Waals surface area contributed by atoms with Crippen LogP contribution < -0.4 is 0 Å². The zero-order valence-corrected chi connectivity index (χ0v) is 8.02. The maximum atomic E-state index is 10.3. The predicted octanol–water partition coefficient (Wildman–Crippen LogP) is 0.585. The van der Waals surface area contributed by atoms with Crippen LogP contribution in [0.15, 0.2) is 24.8 Å². The fourth-order valence-corrected chi connectivity index (χ4v) is 0.272. The third-order valence-corrected chi connectivity index (χ3v) is 0.849. The molecule has 0 bridgehead atoms. The van der Waals surface area contributed by atoms with Crippen molar-refractivity contribution in [2.24, 2.45) is 0 Å². The first-order valence-electron chi connectivity index (χ1n) is 3.46. The van der Waals surface area contributed by atoms with Gasteiger partial charge >= 0.3 is 11.9 Å². The lowest BCUT2D eigenvalue weighted by Crippen LogP contribution is -1.98. The summed E-state index contributed by atoms with van der Waals surface area (Å²) in [5.41, 5.74) is 0. The highest BCUT2D eigenvalue weighted by molar-refractivity contribution is 5.91. The van der Waals surface area contributed by atoms with E-state index in [9.17, 15) is 9.59 Å². The van der Waals surface area contributed by atoms with Crippen molar-refractivity contribution in [1.82, 2.24) is 0 Å². The number of nitrogens with zero attached hydrogens (tertiary/aromatic N) is 1. The van der Waals surface area contributed by atoms with Crippen LogP contribution >= 0.6 is 0 Å². The van der Waals surface area contributed by atoms with Gasteiger partial charge in [0.1, 0.15) is 0 Å². The molecular weight excluding hydrogens is 186 g/mol. The monoisotopic (exact) mass is 197 g/mol. The molecule has 0 atom stereocenters. The maximum absolute atomic E-state index is 10.3. The summed E-state index contributed by atoms with van der Waals surface area (Å²) in [7, 11) is 2.45. The van der Waals surface area contributed by atoms with Crippen molar-refractivity contribution in [1.29, 1.82) is 5.26 Å². The zero-order valence-electron chi connectivity index (χ0n) is 8.02. The van der Waals surface area contributed by atoms with Gasteiger partial charge < -0.3 is 9.47 Å². The molecule has 0 amide bonds. The van der Waals surface area contributed by atoms with Crippen molar-refractivity contribution in [3.05, 3.63) is 24.8 Å². The van der Waals surface area contributed by atoms with Gasteiger partial charge in [-0.25, -0.2) is 9.59 Å². The Morgan fingerprint density at radius 1 is 1.21 bits per heavy atom. The maximum Gasteiger partial charge on any atom is 0.330 e. The number of nitriles is 1. The second-order valence-corrected chi connectivity index (χ2v) is 1.71. The zero-order chi connectivity index (χ0) is 11.4. The molecule has 0 aromatic rings. The molecule has 0 aromatic heterocycles. The molecule has 0 saturated carbocycles. The van der Waals surface area contributed by atoms with E-state index in [1.54, 1.807) is 6.07 Å². The second kappa shape index (κ2) is 10.9. The van der Waals surface area contributed by atoms with Gasteiger partial charge in [-0.05, 0) is 0 Å². The molecule has 0 aliphatic rings. The van der Waals surface area contributed by atoms with E-state index in [2.05, 4.69) is 16.1 Å². The lowest BCUT2D eigenvalue weighted by atomic mass is 10.5. The van der Waals surface area contributed by atoms with Crippen LogP contribution in [0, 0.1) is 11.3 Å². The molecule has 0 unspecified atom stereocenters. The molecule has 0 fully saturated rings. The number of carbonyl (C=O) groups excluding carboxylic acids is 2. The van der Waals surface area contributed by atoms with Crippen LogP contribution in [0.4, 0.5) is 0 Å². The summed E-state index contributed by atoms with van der Waals surface area (Å²) < 4.78 is 8.42. The average molecular weight is 197 g/mol. The molecule has 0 rings (SSSR count). The van der Waals surface area contributed by atoms with Gasteiger partial charge in [0, 0.05) is 18.2 Å². The highest BCUT2D eigenvalue weighted by atomic mass is 16.5. The first-order valence-corrected chi connectivity index (χ1v) is 3.46. The van der Waals surface area contributed by atoms with Gasteiger partial charge in [0.15, 0.2) is 0 Å². The third kappa shape index (κ3) is 12.6. The summed E-state index contributed by atoms with van der Waals surface area (Å²) in [4.78, 5) is 20.6. The molecule has 0 spiro atoms. The molecule has 5 nitrogen and oxygen atoms in total. The van der Waals surface area contributed by atoms with Gasteiger partial charge in [-0.15, -0.1) is 0 Å². The van der Waals surface area contributed by atoms with E-state index < -0.39 is 11.9 Å². The summed E-state index contributed by atoms with van der Waals surface area (Å²) in [6, 6.07) is 1.69. The van der Waals surface area contributed by atoms with E-state index >= 15 is 0 Å². The van der Waals surface area contributed by atoms with Crippen LogP contribution in [0.3, 0.4) is 0 Å². The summed E-state index contributed by atoms with van der Waals surface area (Å²) in [6.45, 7) is 3.12. The number of methoxy groups -OCH3 is 2. The quantitative estimate of drug-likeness (QED) is 0.367. The van der Waals surface area contributed by atoms with Crippen molar-refractivity contribution < 1.29 is 19.1 Å². The summed E-state index contributed by atoms with van der Waals surface area (Å²) in [5, 5.41) is 7.51. The van der Waals surface area contributed by atoms with Crippen LogP contribution in [-0.2, 0) is 19.1 Å². The van der Waals surface area contributed by atoms with Crippen LogP contribution in [-0.4, -0.2) is 26.2 Å². The molecule has 14 heavy (non-hydrogen) atoms. The van der Waals surface area contributed by atoms with Crippen LogP contribution in [0.2, 0.25) is 0 Å². The molecular formula is C9H11NO4. The first kappa shape index (κ1) is 14.4. The number of hydrogen-bond acceptors (Lipinski definition) is 5. The standard InChI is InChI=1S/C6H8O4.C3H3N/c1-9-5(7)3-4-6(8)10-2;1-2-3-4/h3-4H,1-2H3;2H,1H2/b4-3-;. The van der Waals surface area contributed by atoms with E-state index in [4.69, 9.17) is 5.26 Å². The predicted molar refractivity (Wildman–Crippen MR) is 49.0 cm³/mol. The van der Waals surface area contributed by atoms with Crippen molar-refractivity contribution in [2.75, 3.05) is 14.2 Å². The number of carbonyl (C=O) groups is 2. The Balaban J connectivity index is 0. The molecule has 0 saturated heterocycles. The Hall–Kier alpha value is -2.09. The van der Waals surface area contributed by atoms with Gasteiger partial charge in [0.05, 0.1) is 20.3 Å². The van der Waals surface area contributed by atoms with Gasteiger partial charge in [-0.3, -0.25) is 0 Å². The number of hydrogen-bond donors (Lipinski definition) is 0. The Morgan fingerprint density at radius 3 is 1.64 bits per heavy atom. The Kier molecular flexibility index (Phi) is 11.2. The summed E-state index contributed by atoms with van der Waals surface area (Å²) >= 11 is 0. The molecule has 0 aromatic carbocycles. The smallest absolute Gasteiger partial charge is 0.330 e.